The van der Waals surface area contributed by atoms with E-state index >= 15 is 0 Å². The van der Waals surface area contributed by atoms with Crippen LogP contribution in [0.4, 0.5) is 0 Å². The van der Waals surface area contributed by atoms with Crippen LogP contribution in [0.25, 0.3) is 0 Å². The number of aromatic hydroxyl groups is 1. The van der Waals surface area contributed by atoms with E-state index in [0.29, 0.717) is 11.3 Å². The standard InChI is InChI=1S/C11H16O3/c1-7-5-8(11(2,3)13)6-9(14-4)10(7)12/h5-6,12-13H,1-4H3. The maximum atomic E-state index is 9.79. The molecule has 0 saturated carbocycles. The Bertz CT molecular complexity index is 337. The fraction of sp³-hybridized carbons (Fsp3) is 0.455. The van der Waals surface area contributed by atoms with E-state index in [1.807, 2.05) is 0 Å². The van der Waals surface area contributed by atoms with Gasteiger partial charge in [0.2, 0.25) is 0 Å². The quantitative estimate of drug-likeness (QED) is 0.760. The van der Waals surface area contributed by atoms with Gasteiger partial charge in [-0.1, -0.05) is 0 Å². The fourth-order valence-electron chi connectivity index (χ4n) is 1.26. The Labute approximate surface area is 84.0 Å². The molecule has 0 aromatic heterocycles. The molecule has 0 bridgehead atoms. The van der Waals surface area contributed by atoms with E-state index in [0.717, 1.165) is 5.56 Å². The molecule has 0 heterocycles. The van der Waals surface area contributed by atoms with Crippen molar-refractivity contribution in [1.29, 1.82) is 0 Å². The molecule has 0 amide bonds. The minimum Gasteiger partial charge on any atom is -0.504 e. The van der Waals surface area contributed by atoms with Crippen LogP contribution in [0.15, 0.2) is 12.1 Å². The number of methoxy groups -OCH3 is 1. The summed E-state index contributed by atoms with van der Waals surface area (Å²) in [6, 6.07) is 3.39. The summed E-state index contributed by atoms with van der Waals surface area (Å²) < 4.78 is 5.00. The number of hydrogen-bond acceptors (Lipinski definition) is 3. The number of hydrogen-bond donors (Lipinski definition) is 2. The van der Waals surface area contributed by atoms with E-state index in [4.69, 9.17) is 4.74 Å². The summed E-state index contributed by atoms with van der Waals surface area (Å²) in [5, 5.41) is 19.4. The third kappa shape index (κ3) is 1.99. The van der Waals surface area contributed by atoms with Gasteiger partial charge in [0.1, 0.15) is 0 Å². The van der Waals surface area contributed by atoms with Gasteiger partial charge in [-0.3, -0.25) is 0 Å². The Morgan fingerprint density at radius 3 is 2.29 bits per heavy atom. The van der Waals surface area contributed by atoms with E-state index in [1.165, 1.54) is 7.11 Å². The molecule has 0 spiro atoms. The van der Waals surface area contributed by atoms with E-state index in [2.05, 4.69) is 0 Å². The third-order valence-electron chi connectivity index (χ3n) is 2.19. The average molecular weight is 196 g/mol. The van der Waals surface area contributed by atoms with Gasteiger partial charge >= 0.3 is 0 Å². The number of benzene rings is 1. The normalized spacial score (nSPS) is 11.5. The molecule has 0 saturated heterocycles. The maximum Gasteiger partial charge on any atom is 0.161 e. The minimum atomic E-state index is -0.925. The van der Waals surface area contributed by atoms with Crippen LogP contribution in [0.3, 0.4) is 0 Å². The largest absolute Gasteiger partial charge is 0.504 e. The van der Waals surface area contributed by atoms with Gasteiger partial charge in [-0.15, -0.1) is 0 Å². The molecule has 0 aliphatic carbocycles. The lowest BCUT2D eigenvalue weighted by atomic mass is 9.96. The summed E-state index contributed by atoms with van der Waals surface area (Å²) in [5.74, 6) is 0.516. The van der Waals surface area contributed by atoms with E-state index in [1.54, 1.807) is 32.9 Å². The first-order valence-corrected chi connectivity index (χ1v) is 4.46. The van der Waals surface area contributed by atoms with Gasteiger partial charge in [-0.25, -0.2) is 0 Å². The van der Waals surface area contributed by atoms with Crippen molar-refractivity contribution < 1.29 is 14.9 Å². The SMILES string of the molecule is COc1cc(C(C)(C)O)cc(C)c1O. The summed E-state index contributed by atoms with van der Waals surface area (Å²) in [7, 11) is 1.49. The van der Waals surface area contributed by atoms with E-state index in [9.17, 15) is 10.2 Å². The van der Waals surface area contributed by atoms with Crippen LogP contribution in [0.5, 0.6) is 11.5 Å². The Balaban J connectivity index is 3.30. The minimum absolute atomic E-state index is 0.125. The number of phenols is 1. The predicted octanol–water partition coefficient (Wildman–Crippen LogP) is 1.94. The molecule has 0 aliphatic heterocycles. The second kappa shape index (κ2) is 3.50. The lowest BCUT2D eigenvalue weighted by Gasteiger charge is -2.20. The molecule has 0 atom stereocenters. The molecular formula is C11H16O3. The van der Waals surface area contributed by atoms with Crippen molar-refractivity contribution in [3.8, 4) is 11.5 Å². The highest BCUT2D eigenvalue weighted by Crippen LogP contribution is 2.34. The van der Waals surface area contributed by atoms with Crippen LogP contribution in [0.1, 0.15) is 25.0 Å². The lowest BCUT2D eigenvalue weighted by molar-refractivity contribution is 0.0782. The number of aryl methyl sites for hydroxylation is 1. The topological polar surface area (TPSA) is 49.7 Å². The van der Waals surface area contributed by atoms with Crippen molar-refractivity contribution in [2.75, 3.05) is 7.11 Å². The highest BCUT2D eigenvalue weighted by molar-refractivity contribution is 5.48. The smallest absolute Gasteiger partial charge is 0.161 e. The molecule has 0 aliphatic rings. The Morgan fingerprint density at radius 2 is 1.86 bits per heavy atom. The molecule has 2 N–H and O–H groups in total. The van der Waals surface area contributed by atoms with Crippen molar-refractivity contribution in [1.82, 2.24) is 0 Å². The van der Waals surface area contributed by atoms with Crippen LogP contribution in [0.2, 0.25) is 0 Å². The lowest BCUT2D eigenvalue weighted by Crippen LogP contribution is -2.15. The molecule has 0 unspecified atom stereocenters. The highest BCUT2D eigenvalue weighted by Gasteiger charge is 2.19. The zero-order valence-electron chi connectivity index (χ0n) is 8.96. The Morgan fingerprint density at radius 1 is 1.29 bits per heavy atom. The molecule has 3 nitrogen and oxygen atoms in total. The Hall–Kier alpha value is -1.22. The zero-order chi connectivity index (χ0) is 10.9. The van der Waals surface area contributed by atoms with Crippen LogP contribution >= 0.6 is 0 Å². The van der Waals surface area contributed by atoms with E-state index < -0.39 is 5.60 Å². The summed E-state index contributed by atoms with van der Waals surface area (Å²) in [6.07, 6.45) is 0. The highest BCUT2D eigenvalue weighted by atomic mass is 16.5. The number of rotatable bonds is 2. The number of aliphatic hydroxyl groups is 1. The molecular weight excluding hydrogens is 180 g/mol. The molecule has 3 heteroatoms. The van der Waals surface area contributed by atoms with Gasteiger partial charge in [-0.05, 0) is 44.0 Å². The third-order valence-corrected chi connectivity index (χ3v) is 2.19. The number of phenolic OH excluding ortho intramolecular Hbond substituents is 1. The van der Waals surface area contributed by atoms with Gasteiger partial charge < -0.3 is 14.9 Å². The van der Waals surface area contributed by atoms with Gasteiger partial charge in [0.25, 0.3) is 0 Å². The second-order valence-corrected chi connectivity index (χ2v) is 3.90. The molecule has 1 rings (SSSR count). The van der Waals surface area contributed by atoms with Gasteiger partial charge in [-0.2, -0.15) is 0 Å². The molecule has 14 heavy (non-hydrogen) atoms. The first-order valence-electron chi connectivity index (χ1n) is 4.46. The van der Waals surface area contributed by atoms with Gasteiger partial charge in [0, 0.05) is 0 Å². The van der Waals surface area contributed by atoms with Crippen molar-refractivity contribution in [2.45, 2.75) is 26.4 Å². The fourth-order valence-corrected chi connectivity index (χ4v) is 1.26. The summed E-state index contributed by atoms with van der Waals surface area (Å²) in [6.45, 7) is 5.16. The van der Waals surface area contributed by atoms with Crippen molar-refractivity contribution >= 4 is 0 Å². The van der Waals surface area contributed by atoms with Gasteiger partial charge in [0.15, 0.2) is 11.5 Å². The van der Waals surface area contributed by atoms with Crippen LogP contribution in [0, 0.1) is 6.92 Å². The van der Waals surface area contributed by atoms with Crippen LogP contribution in [-0.2, 0) is 5.60 Å². The van der Waals surface area contributed by atoms with Gasteiger partial charge in [0.05, 0.1) is 12.7 Å². The second-order valence-electron chi connectivity index (χ2n) is 3.90. The first kappa shape index (κ1) is 10.9. The zero-order valence-corrected chi connectivity index (χ0v) is 8.96. The monoisotopic (exact) mass is 196 g/mol. The predicted molar refractivity (Wildman–Crippen MR) is 54.6 cm³/mol. The summed E-state index contributed by atoms with van der Waals surface area (Å²) in [5.41, 5.74) is 0.497. The van der Waals surface area contributed by atoms with E-state index in [-0.39, 0.29) is 5.75 Å². The molecule has 1 aromatic carbocycles. The van der Waals surface area contributed by atoms with Crippen molar-refractivity contribution in [2.24, 2.45) is 0 Å². The van der Waals surface area contributed by atoms with Crippen LogP contribution < -0.4 is 4.74 Å². The summed E-state index contributed by atoms with van der Waals surface area (Å²) in [4.78, 5) is 0. The summed E-state index contributed by atoms with van der Waals surface area (Å²) >= 11 is 0. The Kier molecular flexibility index (Phi) is 2.71. The number of ether oxygens (including phenoxy) is 1. The van der Waals surface area contributed by atoms with Crippen LogP contribution in [-0.4, -0.2) is 17.3 Å². The molecule has 78 valence electrons. The average Bonchev–Trinajstić information content (AvgIpc) is 2.07. The van der Waals surface area contributed by atoms with Crippen molar-refractivity contribution in [3.05, 3.63) is 23.3 Å². The molecule has 0 fully saturated rings. The maximum absolute atomic E-state index is 9.79. The molecule has 0 radical (unpaired) electrons. The first-order chi connectivity index (χ1) is 6.36. The van der Waals surface area contributed by atoms with Crippen molar-refractivity contribution in [3.63, 3.8) is 0 Å². The molecule has 1 aromatic rings.